The molecule has 0 aliphatic carbocycles. The SMILES string of the molecule is CCOC(=O)c1cn2c(cc1=O)-c1cc(OC)c(N=O)cc1CC2C(C)C. The number of nitroso groups, excluding NO2 is 1. The Bertz CT molecular complexity index is 962. The van der Waals surface area contributed by atoms with E-state index in [4.69, 9.17) is 9.47 Å². The number of carbonyl (C=O) groups is 1. The fourth-order valence-electron chi connectivity index (χ4n) is 3.54. The molecule has 1 aliphatic heterocycles. The second kappa shape index (κ2) is 7.34. The van der Waals surface area contributed by atoms with Gasteiger partial charge in [0.15, 0.2) is 5.43 Å². The predicted octanol–water partition coefficient (Wildman–Crippen LogP) is 3.85. The Morgan fingerprint density at radius 1 is 1.33 bits per heavy atom. The van der Waals surface area contributed by atoms with Crippen LogP contribution in [-0.4, -0.2) is 24.3 Å². The van der Waals surface area contributed by atoms with Crippen LogP contribution in [0.1, 0.15) is 42.7 Å². The van der Waals surface area contributed by atoms with Crippen molar-refractivity contribution in [2.75, 3.05) is 13.7 Å². The van der Waals surface area contributed by atoms with Crippen molar-refractivity contribution < 1.29 is 14.3 Å². The van der Waals surface area contributed by atoms with E-state index in [2.05, 4.69) is 19.0 Å². The first-order valence-corrected chi connectivity index (χ1v) is 8.89. The van der Waals surface area contributed by atoms with Crippen LogP contribution >= 0.6 is 0 Å². The molecule has 7 heteroatoms. The van der Waals surface area contributed by atoms with Gasteiger partial charge in [0, 0.05) is 23.9 Å². The average molecular weight is 370 g/mol. The number of carbonyl (C=O) groups excluding carboxylic acids is 1. The Balaban J connectivity index is 2.26. The van der Waals surface area contributed by atoms with Gasteiger partial charge in [0.25, 0.3) is 0 Å². The molecule has 0 radical (unpaired) electrons. The van der Waals surface area contributed by atoms with E-state index in [9.17, 15) is 14.5 Å². The second-order valence-corrected chi connectivity index (χ2v) is 6.85. The third-order valence-corrected chi connectivity index (χ3v) is 4.91. The molecule has 1 aromatic carbocycles. The van der Waals surface area contributed by atoms with Crippen LogP contribution in [0.4, 0.5) is 5.69 Å². The normalized spacial score (nSPS) is 15.1. The highest BCUT2D eigenvalue weighted by Crippen LogP contribution is 2.42. The Morgan fingerprint density at radius 2 is 2.07 bits per heavy atom. The van der Waals surface area contributed by atoms with Crippen molar-refractivity contribution in [3.63, 3.8) is 0 Å². The maximum Gasteiger partial charge on any atom is 0.343 e. The number of esters is 1. The predicted molar refractivity (Wildman–Crippen MR) is 102 cm³/mol. The third kappa shape index (κ3) is 3.25. The third-order valence-electron chi connectivity index (χ3n) is 4.91. The molecule has 142 valence electrons. The van der Waals surface area contributed by atoms with Gasteiger partial charge in [-0.3, -0.25) is 4.79 Å². The van der Waals surface area contributed by atoms with Crippen LogP contribution in [0.5, 0.6) is 5.75 Å². The lowest BCUT2D eigenvalue weighted by Crippen LogP contribution is -2.28. The minimum absolute atomic E-state index is 0.0212. The molecule has 0 saturated carbocycles. The summed E-state index contributed by atoms with van der Waals surface area (Å²) in [7, 11) is 1.47. The number of nitrogens with zero attached hydrogens (tertiary/aromatic N) is 2. The van der Waals surface area contributed by atoms with Gasteiger partial charge in [-0.05, 0) is 42.1 Å². The molecule has 1 atom stereocenters. The fourth-order valence-corrected chi connectivity index (χ4v) is 3.54. The van der Waals surface area contributed by atoms with Gasteiger partial charge in [0.2, 0.25) is 0 Å². The Labute approximate surface area is 156 Å². The minimum Gasteiger partial charge on any atom is -0.494 e. The lowest BCUT2D eigenvalue weighted by molar-refractivity contribution is 0.0523. The largest absolute Gasteiger partial charge is 0.494 e. The summed E-state index contributed by atoms with van der Waals surface area (Å²) in [6, 6.07) is 4.91. The molecule has 2 aromatic rings. The number of benzene rings is 1. The summed E-state index contributed by atoms with van der Waals surface area (Å²) < 4.78 is 12.2. The first-order valence-electron chi connectivity index (χ1n) is 8.89. The van der Waals surface area contributed by atoms with Crippen molar-refractivity contribution >= 4 is 11.7 Å². The molecule has 1 aromatic heterocycles. The van der Waals surface area contributed by atoms with Gasteiger partial charge in [-0.2, -0.15) is 0 Å². The van der Waals surface area contributed by atoms with E-state index in [0.29, 0.717) is 17.9 Å². The van der Waals surface area contributed by atoms with E-state index < -0.39 is 11.4 Å². The van der Waals surface area contributed by atoms with E-state index >= 15 is 0 Å². The summed E-state index contributed by atoms with van der Waals surface area (Å²) in [5, 5.41) is 3.05. The van der Waals surface area contributed by atoms with Crippen molar-refractivity contribution in [2.24, 2.45) is 11.1 Å². The van der Waals surface area contributed by atoms with Crippen LogP contribution in [0, 0.1) is 10.8 Å². The molecule has 7 nitrogen and oxygen atoms in total. The van der Waals surface area contributed by atoms with Crippen LogP contribution in [0.15, 0.2) is 34.4 Å². The number of ether oxygens (including phenoxy) is 2. The van der Waals surface area contributed by atoms with Crippen LogP contribution in [0.3, 0.4) is 0 Å². The maximum absolute atomic E-state index is 12.6. The van der Waals surface area contributed by atoms with Crippen molar-refractivity contribution in [1.29, 1.82) is 0 Å². The van der Waals surface area contributed by atoms with Gasteiger partial charge in [-0.1, -0.05) is 13.8 Å². The highest BCUT2D eigenvalue weighted by molar-refractivity contribution is 5.89. The van der Waals surface area contributed by atoms with Gasteiger partial charge in [0.05, 0.1) is 19.4 Å². The zero-order valence-electron chi connectivity index (χ0n) is 15.8. The molecule has 1 aliphatic rings. The summed E-state index contributed by atoms with van der Waals surface area (Å²) >= 11 is 0. The highest BCUT2D eigenvalue weighted by atomic mass is 16.5. The monoisotopic (exact) mass is 370 g/mol. The van der Waals surface area contributed by atoms with Gasteiger partial charge in [-0.15, -0.1) is 4.91 Å². The molecule has 2 heterocycles. The zero-order chi connectivity index (χ0) is 19.7. The van der Waals surface area contributed by atoms with E-state index in [-0.39, 0.29) is 29.8 Å². The van der Waals surface area contributed by atoms with Crippen molar-refractivity contribution in [3.05, 3.63) is 50.7 Å². The van der Waals surface area contributed by atoms with E-state index in [0.717, 1.165) is 11.1 Å². The molecule has 1 unspecified atom stereocenters. The summed E-state index contributed by atoms with van der Waals surface area (Å²) in [6.07, 6.45) is 2.24. The Kier molecular flexibility index (Phi) is 5.12. The summed E-state index contributed by atoms with van der Waals surface area (Å²) in [5.74, 6) is -0.0337. The number of fused-ring (bicyclic) bond motifs is 3. The van der Waals surface area contributed by atoms with Gasteiger partial charge < -0.3 is 14.0 Å². The van der Waals surface area contributed by atoms with Crippen LogP contribution in [0.25, 0.3) is 11.3 Å². The molecule has 0 spiro atoms. The van der Waals surface area contributed by atoms with Crippen LogP contribution < -0.4 is 10.2 Å². The zero-order valence-corrected chi connectivity index (χ0v) is 15.8. The first kappa shape index (κ1) is 18.8. The molecular formula is C20H22N2O5. The molecule has 0 bridgehead atoms. The number of aromatic nitrogens is 1. The number of pyridine rings is 1. The summed E-state index contributed by atoms with van der Waals surface area (Å²) in [5.41, 5.74) is 2.26. The van der Waals surface area contributed by atoms with Crippen LogP contribution in [0.2, 0.25) is 0 Å². The van der Waals surface area contributed by atoms with Crippen molar-refractivity contribution in [3.8, 4) is 17.0 Å². The average Bonchev–Trinajstić information content (AvgIpc) is 2.65. The first-order chi connectivity index (χ1) is 12.9. The highest BCUT2D eigenvalue weighted by Gasteiger charge is 2.29. The molecule has 0 saturated heterocycles. The fraction of sp³-hybridized carbons (Fsp3) is 0.400. The molecular weight excluding hydrogens is 348 g/mol. The minimum atomic E-state index is -0.621. The Morgan fingerprint density at radius 3 is 2.67 bits per heavy atom. The van der Waals surface area contributed by atoms with Gasteiger partial charge in [0.1, 0.15) is 17.0 Å². The van der Waals surface area contributed by atoms with E-state index in [1.54, 1.807) is 25.3 Å². The van der Waals surface area contributed by atoms with E-state index in [1.165, 1.54) is 13.2 Å². The quantitative estimate of drug-likeness (QED) is 0.589. The second-order valence-electron chi connectivity index (χ2n) is 6.85. The Hall–Kier alpha value is -2.96. The number of methoxy groups -OCH3 is 1. The molecule has 0 amide bonds. The summed E-state index contributed by atoms with van der Waals surface area (Å²) in [6.45, 7) is 6.05. The van der Waals surface area contributed by atoms with Crippen LogP contribution in [-0.2, 0) is 11.2 Å². The summed E-state index contributed by atoms with van der Waals surface area (Å²) in [4.78, 5) is 35.8. The molecule has 3 rings (SSSR count). The standard InChI is InChI=1S/C20H22N2O5/c1-5-27-20(24)14-10-22-16(11(2)3)7-12-6-15(21-25)19(26-4)8-13(12)17(22)9-18(14)23/h6,8-11,16H,5,7H2,1-4H3. The lowest BCUT2D eigenvalue weighted by Gasteiger charge is -2.33. The lowest BCUT2D eigenvalue weighted by atomic mass is 9.87. The van der Waals surface area contributed by atoms with Gasteiger partial charge >= 0.3 is 5.97 Å². The molecule has 0 fully saturated rings. The topological polar surface area (TPSA) is 87.0 Å². The molecule has 0 N–H and O–H groups in total. The number of hydrogen-bond donors (Lipinski definition) is 0. The van der Waals surface area contributed by atoms with E-state index in [1.807, 2.05) is 4.57 Å². The maximum atomic E-state index is 12.6. The van der Waals surface area contributed by atoms with Crippen molar-refractivity contribution in [2.45, 2.75) is 33.2 Å². The van der Waals surface area contributed by atoms with Gasteiger partial charge in [-0.25, -0.2) is 4.79 Å². The smallest absolute Gasteiger partial charge is 0.343 e. The molecule has 27 heavy (non-hydrogen) atoms. The number of rotatable bonds is 5. The van der Waals surface area contributed by atoms with Crippen molar-refractivity contribution in [1.82, 2.24) is 4.57 Å². The number of hydrogen-bond acceptors (Lipinski definition) is 6.